The maximum Gasteiger partial charge on any atom is 0.243 e. The summed E-state index contributed by atoms with van der Waals surface area (Å²) in [6, 6.07) is 7.12. The first-order valence-electron chi connectivity index (χ1n) is 8.61. The zero-order valence-electron chi connectivity index (χ0n) is 13.6. The molecular formula is C18H24ClN3O2. The largest absolute Gasteiger partial charge is 0.347 e. The Morgan fingerprint density at radius 2 is 1.75 bits per heavy atom. The second kappa shape index (κ2) is 7.53. The Balaban J connectivity index is 1.47. The minimum atomic E-state index is -0.238. The first-order chi connectivity index (χ1) is 11.5. The first kappa shape index (κ1) is 17.2. The molecular weight excluding hydrogens is 326 g/mol. The van der Waals surface area contributed by atoms with Crippen molar-refractivity contribution >= 4 is 29.1 Å². The van der Waals surface area contributed by atoms with Crippen molar-refractivity contribution in [2.45, 2.75) is 38.1 Å². The second-order valence-electron chi connectivity index (χ2n) is 6.97. The monoisotopic (exact) mass is 349 g/mol. The van der Waals surface area contributed by atoms with Gasteiger partial charge in [-0.25, -0.2) is 0 Å². The lowest BCUT2D eigenvalue weighted by Gasteiger charge is -2.43. The predicted molar refractivity (Wildman–Crippen MR) is 94.6 cm³/mol. The summed E-state index contributed by atoms with van der Waals surface area (Å²) in [4.78, 5) is 24.3. The van der Waals surface area contributed by atoms with Crippen molar-refractivity contribution in [1.82, 2.24) is 5.32 Å². The van der Waals surface area contributed by atoms with Crippen molar-refractivity contribution in [2.75, 3.05) is 11.9 Å². The number of hydrogen-bond donors (Lipinski definition) is 3. The van der Waals surface area contributed by atoms with Crippen molar-refractivity contribution in [1.29, 1.82) is 0 Å². The van der Waals surface area contributed by atoms with Crippen LogP contribution in [0.5, 0.6) is 0 Å². The molecule has 5 nitrogen and oxygen atoms in total. The number of amides is 2. The fourth-order valence-electron chi connectivity index (χ4n) is 4.05. The molecule has 130 valence electrons. The van der Waals surface area contributed by atoms with Crippen LogP contribution in [0, 0.1) is 17.8 Å². The molecule has 0 aliphatic heterocycles. The molecule has 4 N–H and O–H groups in total. The number of nitrogens with one attached hydrogen (secondary N) is 2. The van der Waals surface area contributed by atoms with E-state index in [9.17, 15) is 9.59 Å². The Morgan fingerprint density at radius 3 is 2.38 bits per heavy atom. The second-order valence-corrected chi connectivity index (χ2v) is 7.41. The van der Waals surface area contributed by atoms with E-state index in [1.165, 1.54) is 6.42 Å². The maximum atomic E-state index is 12.4. The number of nitrogens with two attached hydrogens (primary N) is 1. The SMILES string of the molecule is NC1C2CCCC1CC(C(=O)NCC(=O)Nc1ccc(Cl)cc1)C2. The smallest absolute Gasteiger partial charge is 0.243 e. The third-order valence-electron chi connectivity index (χ3n) is 5.33. The van der Waals surface area contributed by atoms with Crippen LogP contribution in [-0.4, -0.2) is 24.4 Å². The highest BCUT2D eigenvalue weighted by molar-refractivity contribution is 6.30. The highest BCUT2D eigenvalue weighted by Gasteiger charge is 2.40. The predicted octanol–water partition coefficient (Wildman–Crippen LogP) is 2.55. The van der Waals surface area contributed by atoms with Gasteiger partial charge in [0.1, 0.15) is 0 Å². The van der Waals surface area contributed by atoms with E-state index in [0.717, 1.165) is 25.7 Å². The maximum absolute atomic E-state index is 12.4. The molecule has 2 atom stereocenters. The Hall–Kier alpha value is -1.59. The van der Waals surface area contributed by atoms with Gasteiger partial charge in [0.25, 0.3) is 0 Å². The zero-order valence-corrected chi connectivity index (χ0v) is 14.4. The zero-order chi connectivity index (χ0) is 17.1. The third kappa shape index (κ3) is 4.08. The van der Waals surface area contributed by atoms with Gasteiger partial charge in [-0.05, 0) is 61.8 Å². The summed E-state index contributed by atoms with van der Waals surface area (Å²) in [6.45, 7) is -0.0145. The average molecular weight is 350 g/mol. The van der Waals surface area contributed by atoms with E-state index in [2.05, 4.69) is 10.6 Å². The van der Waals surface area contributed by atoms with Crippen molar-refractivity contribution < 1.29 is 9.59 Å². The summed E-state index contributed by atoms with van der Waals surface area (Å²) >= 11 is 5.81. The summed E-state index contributed by atoms with van der Waals surface area (Å²) in [5, 5.41) is 6.13. The van der Waals surface area contributed by atoms with Crippen molar-refractivity contribution in [3.8, 4) is 0 Å². The van der Waals surface area contributed by atoms with Crippen LogP contribution in [0.4, 0.5) is 5.69 Å². The molecule has 2 amide bonds. The van der Waals surface area contributed by atoms with Gasteiger partial charge < -0.3 is 16.4 Å². The molecule has 0 saturated heterocycles. The standard InChI is InChI=1S/C18H24ClN3O2/c19-14-4-6-15(7-5-14)22-16(23)10-21-18(24)13-8-11-2-1-3-12(9-13)17(11)20/h4-7,11-13,17H,1-3,8-10,20H2,(H,21,24)(H,22,23). The number of hydrogen-bond acceptors (Lipinski definition) is 3. The number of benzene rings is 1. The van der Waals surface area contributed by atoms with Crippen LogP contribution >= 0.6 is 11.6 Å². The van der Waals surface area contributed by atoms with Gasteiger partial charge in [-0.1, -0.05) is 18.0 Å². The quantitative estimate of drug-likeness (QED) is 0.781. The van der Waals surface area contributed by atoms with Crippen LogP contribution in [0.3, 0.4) is 0 Å². The number of rotatable bonds is 4. The third-order valence-corrected chi connectivity index (χ3v) is 5.59. The number of carbonyl (C=O) groups is 2. The van der Waals surface area contributed by atoms with Crippen LogP contribution in [-0.2, 0) is 9.59 Å². The van der Waals surface area contributed by atoms with E-state index in [0.29, 0.717) is 22.5 Å². The summed E-state index contributed by atoms with van der Waals surface area (Å²) in [5.74, 6) is 0.638. The molecule has 0 aromatic heterocycles. The molecule has 2 bridgehead atoms. The fourth-order valence-corrected chi connectivity index (χ4v) is 4.18. The van der Waals surface area contributed by atoms with Gasteiger partial charge in [-0.2, -0.15) is 0 Å². The van der Waals surface area contributed by atoms with Gasteiger partial charge in [0.15, 0.2) is 0 Å². The van der Waals surface area contributed by atoms with E-state index < -0.39 is 0 Å². The van der Waals surface area contributed by atoms with Crippen LogP contribution in [0.1, 0.15) is 32.1 Å². The summed E-state index contributed by atoms with van der Waals surface area (Å²) in [7, 11) is 0. The molecule has 3 rings (SSSR count). The molecule has 2 saturated carbocycles. The molecule has 2 fully saturated rings. The Kier molecular flexibility index (Phi) is 5.41. The lowest BCUT2D eigenvalue weighted by Crippen LogP contribution is -2.49. The molecule has 1 aromatic rings. The van der Waals surface area contributed by atoms with Gasteiger partial charge in [0.05, 0.1) is 6.54 Å². The van der Waals surface area contributed by atoms with Crippen LogP contribution in [0.2, 0.25) is 5.02 Å². The van der Waals surface area contributed by atoms with Gasteiger partial charge in [0, 0.05) is 22.7 Å². The van der Waals surface area contributed by atoms with E-state index in [-0.39, 0.29) is 30.3 Å². The Morgan fingerprint density at radius 1 is 1.12 bits per heavy atom. The van der Waals surface area contributed by atoms with Gasteiger partial charge >= 0.3 is 0 Å². The van der Waals surface area contributed by atoms with E-state index in [1.807, 2.05) is 0 Å². The molecule has 0 spiro atoms. The van der Waals surface area contributed by atoms with E-state index >= 15 is 0 Å². The van der Waals surface area contributed by atoms with Crippen molar-refractivity contribution in [2.24, 2.45) is 23.5 Å². The molecule has 2 aliphatic carbocycles. The lowest BCUT2D eigenvalue weighted by atomic mass is 9.65. The molecule has 6 heteroatoms. The van der Waals surface area contributed by atoms with Crippen molar-refractivity contribution in [3.63, 3.8) is 0 Å². The number of fused-ring (bicyclic) bond motifs is 2. The number of anilines is 1. The number of halogens is 1. The fraction of sp³-hybridized carbons (Fsp3) is 0.556. The average Bonchev–Trinajstić information content (AvgIpc) is 2.54. The molecule has 2 aliphatic rings. The van der Waals surface area contributed by atoms with Gasteiger partial charge in [-0.3, -0.25) is 9.59 Å². The van der Waals surface area contributed by atoms with Crippen LogP contribution in [0.15, 0.2) is 24.3 Å². The number of carbonyl (C=O) groups excluding carboxylic acids is 2. The minimum absolute atomic E-state index is 0.0107. The van der Waals surface area contributed by atoms with Gasteiger partial charge in [-0.15, -0.1) is 0 Å². The van der Waals surface area contributed by atoms with Gasteiger partial charge in [0.2, 0.25) is 11.8 Å². The molecule has 24 heavy (non-hydrogen) atoms. The molecule has 0 radical (unpaired) electrons. The minimum Gasteiger partial charge on any atom is -0.347 e. The highest BCUT2D eigenvalue weighted by Crippen LogP contribution is 2.41. The van der Waals surface area contributed by atoms with E-state index in [1.54, 1.807) is 24.3 Å². The summed E-state index contributed by atoms with van der Waals surface area (Å²) < 4.78 is 0. The summed E-state index contributed by atoms with van der Waals surface area (Å²) in [6.07, 6.45) is 5.17. The van der Waals surface area contributed by atoms with Crippen molar-refractivity contribution in [3.05, 3.63) is 29.3 Å². The van der Waals surface area contributed by atoms with E-state index in [4.69, 9.17) is 17.3 Å². The molecule has 2 unspecified atom stereocenters. The Labute approximate surface area is 147 Å². The summed E-state index contributed by atoms with van der Waals surface area (Å²) in [5.41, 5.74) is 6.92. The highest BCUT2D eigenvalue weighted by atomic mass is 35.5. The first-order valence-corrected chi connectivity index (χ1v) is 8.99. The molecule has 1 aromatic carbocycles. The van der Waals surface area contributed by atoms with Crippen LogP contribution < -0.4 is 16.4 Å². The normalized spacial score (nSPS) is 28.9. The molecule has 0 heterocycles. The topological polar surface area (TPSA) is 84.2 Å². The Bertz CT molecular complexity index is 591. The lowest BCUT2D eigenvalue weighted by molar-refractivity contribution is -0.129. The van der Waals surface area contributed by atoms with Crippen LogP contribution in [0.25, 0.3) is 0 Å².